The van der Waals surface area contributed by atoms with Gasteiger partial charge >= 0.3 is 6.09 Å². The van der Waals surface area contributed by atoms with Crippen LogP contribution in [0.1, 0.15) is 85.3 Å². The van der Waals surface area contributed by atoms with Crippen molar-refractivity contribution >= 4 is 27.8 Å². The number of hydrogen-bond acceptors (Lipinski definition) is 9. The van der Waals surface area contributed by atoms with Gasteiger partial charge in [0.2, 0.25) is 10.0 Å². The second-order valence-corrected chi connectivity index (χ2v) is 15.5. The number of rotatable bonds is 10. The summed E-state index contributed by atoms with van der Waals surface area (Å²) in [6.45, 7) is 13.1. The van der Waals surface area contributed by atoms with Crippen LogP contribution in [0, 0.1) is 13.8 Å². The fourth-order valence-electron chi connectivity index (χ4n) is 5.74. The summed E-state index contributed by atoms with van der Waals surface area (Å²) in [6, 6.07) is 10.4. The van der Waals surface area contributed by atoms with Gasteiger partial charge in [0.25, 0.3) is 5.91 Å². The van der Waals surface area contributed by atoms with Crippen molar-refractivity contribution in [2.45, 2.75) is 82.9 Å². The number of nitrogens with one attached hydrogen (secondary N) is 2. The maximum absolute atomic E-state index is 13.4. The first-order chi connectivity index (χ1) is 22.6. The minimum atomic E-state index is -4.06. The van der Waals surface area contributed by atoms with Gasteiger partial charge in [-0.2, -0.15) is 0 Å². The van der Waals surface area contributed by atoms with Gasteiger partial charge in [-0.05, 0) is 108 Å². The number of amides is 2. The predicted molar refractivity (Wildman–Crippen MR) is 183 cm³/mol. The lowest BCUT2D eigenvalue weighted by molar-refractivity contribution is -0.00326. The summed E-state index contributed by atoms with van der Waals surface area (Å²) in [7, 11) is -2.74. The van der Waals surface area contributed by atoms with Crippen LogP contribution in [0.3, 0.4) is 0 Å². The maximum atomic E-state index is 13.4. The number of aryl methyl sites for hydroxylation is 2. The number of piperazine rings is 1. The lowest BCUT2D eigenvalue weighted by Gasteiger charge is -2.41. The minimum absolute atomic E-state index is 0.103. The third-order valence-corrected chi connectivity index (χ3v) is 9.99. The Morgan fingerprint density at radius 3 is 2.42 bits per heavy atom. The number of ether oxygens (including phenoxy) is 2. The number of carbonyl (C=O) groups excluding carboxylic acids is 2. The molecule has 12 nitrogen and oxygen atoms in total. The zero-order valence-corrected chi connectivity index (χ0v) is 29.6. The topological polar surface area (TPSA) is 143 Å². The molecule has 2 aliphatic rings. The molecule has 2 atom stereocenters. The smallest absolute Gasteiger partial charge is 0.410 e. The van der Waals surface area contributed by atoms with Crippen LogP contribution in [-0.4, -0.2) is 85.1 Å². The van der Waals surface area contributed by atoms with Crippen LogP contribution in [0.4, 0.5) is 10.6 Å². The third kappa shape index (κ3) is 8.50. The second kappa shape index (κ2) is 14.2. The summed E-state index contributed by atoms with van der Waals surface area (Å²) < 4.78 is 41.4. The molecular weight excluding hydrogens is 632 g/mol. The molecule has 5 rings (SSSR count). The molecule has 1 aliphatic heterocycles. The summed E-state index contributed by atoms with van der Waals surface area (Å²) in [5, 5.41) is 2.79. The number of anilines is 1. The van der Waals surface area contributed by atoms with E-state index in [1.165, 1.54) is 18.7 Å². The van der Waals surface area contributed by atoms with Crippen molar-refractivity contribution < 1.29 is 27.5 Å². The predicted octanol–water partition coefficient (Wildman–Crippen LogP) is 5.19. The van der Waals surface area contributed by atoms with Gasteiger partial charge in [-0.25, -0.2) is 22.9 Å². The number of hydrogen-bond donors (Lipinski definition) is 2. The minimum Gasteiger partial charge on any atom is -0.481 e. The Balaban J connectivity index is 1.44. The van der Waals surface area contributed by atoms with E-state index in [4.69, 9.17) is 14.5 Å². The first-order valence-corrected chi connectivity index (χ1v) is 17.8. The average molecular weight is 679 g/mol. The van der Waals surface area contributed by atoms with Crippen LogP contribution >= 0.6 is 0 Å². The summed E-state index contributed by atoms with van der Waals surface area (Å²) in [6.07, 6.45) is 4.73. The molecule has 48 heavy (non-hydrogen) atoms. The van der Waals surface area contributed by atoms with Crippen molar-refractivity contribution in [2.24, 2.45) is 0 Å². The normalized spacial score (nSPS) is 17.9. The van der Waals surface area contributed by atoms with Gasteiger partial charge in [-0.3, -0.25) is 14.7 Å². The summed E-state index contributed by atoms with van der Waals surface area (Å²) in [5.41, 5.74) is 2.71. The Morgan fingerprint density at radius 2 is 1.81 bits per heavy atom. The number of carbonyl (C=O) groups is 2. The van der Waals surface area contributed by atoms with Crippen LogP contribution in [-0.2, 0) is 14.8 Å². The lowest BCUT2D eigenvalue weighted by Crippen LogP contribution is -2.55. The molecule has 2 N–H and O–H groups in total. The molecule has 2 amide bonds. The number of nitrogens with zero attached hydrogens (tertiary/aromatic N) is 4. The number of aromatic nitrogens is 2. The standard InChI is InChI=1S/C35H46N6O6S/c1-22-9-8-14-37-32(22)39-33(42)27-18-31(48(44,45)36-7)29(17-23(27)2)46-30(28-13-12-26(19-38-28)25-10-11-25)21-40-15-16-41(24(3)20-40)34(43)47-35(4,5)6/h8-9,12-14,17-19,24-25,30,36H,10-11,15-16,20-21H2,1-7H3,(H,37,39,42)/t24-,30?/m1/s1. The van der Waals surface area contributed by atoms with E-state index >= 15 is 0 Å². The molecule has 1 saturated carbocycles. The van der Waals surface area contributed by atoms with Gasteiger partial charge in [0.05, 0.1) is 5.69 Å². The van der Waals surface area contributed by atoms with Gasteiger partial charge in [0, 0.05) is 50.2 Å². The van der Waals surface area contributed by atoms with Gasteiger partial charge in [0.15, 0.2) is 6.10 Å². The Bertz CT molecular complexity index is 1750. The average Bonchev–Trinajstić information content (AvgIpc) is 3.87. The molecule has 1 saturated heterocycles. The summed E-state index contributed by atoms with van der Waals surface area (Å²) in [5.74, 6) is 0.531. The van der Waals surface area contributed by atoms with E-state index < -0.39 is 27.6 Å². The zero-order valence-electron chi connectivity index (χ0n) is 28.7. The van der Waals surface area contributed by atoms with Gasteiger partial charge in [-0.15, -0.1) is 0 Å². The number of benzene rings is 1. The molecule has 1 unspecified atom stereocenters. The molecule has 3 heterocycles. The molecule has 258 valence electrons. The van der Waals surface area contributed by atoms with E-state index in [1.807, 2.05) is 52.9 Å². The highest BCUT2D eigenvalue weighted by Crippen LogP contribution is 2.40. The van der Waals surface area contributed by atoms with Gasteiger partial charge in [0.1, 0.15) is 22.1 Å². The SMILES string of the molecule is CNS(=O)(=O)c1cc(C(=O)Nc2ncccc2C)c(C)cc1OC(CN1CCN(C(=O)OC(C)(C)C)[C@H](C)C1)c1ccc(C2CC2)cn1. The monoisotopic (exact) mass is 678 g/mol. The molecule has 0 spiro atoms. The van der Waals surface area contributed by atoms with Gasteiger partial charge < -0.3 is 19.7 Å². The molecule has 1 aromatic carbocycles. The summed E-state index contributed by atoms with van der Waals surface area (Å²) in [4.78, 5) is 39.0. The fraction of sp³-hybridized carbons (Fsp3) is 0.486. The zero-order chi connectivity index (χ0) is 34.8. The number of sulfonamides is 1. The summed E-state index contributed by atoms with van der Waals surface area (Å²) >= 11 is 0. The van der Waals surface area contributed by atoms with E-state index in [-0.39, 0.29) is 28.3 Å². The number of pyridine rings is 2. The van der Waals surface area contributed by atoms with E-state index in [0.29, 0.717) is 49.2 Å². The highest BCUT2D eigenvalue weighted by molar-refractivity contribution is 7.89. The Labute approximate surface area is 283 Å². The van der Waals surface area contributed by atoms with Crippen LogP contribution in [0.15, 0.2) is 53.7 Å². The van der Waals surface area contributed by atoms with E-state index in [0.717, 1.165) is 18.4 Å². The molecule has 2 fully saturated rings. The third-order valence-electron chi connectivity index (χ3n) is 8.56. The van der Waals surface area contributed by atoms with Crippen molar-refractivity contribution in [2.75, 3.05) is 38.5 Å². The van der Waals surface area contributed by atoms with Crippen molar-refractivity contribution in [1.82, 2.24) is 24.5 Å². The highest BCUT2D eigenvalue weighted by Gasteiger charge is 2.34. The molecule has 13 heteroatoms. The Hall–Kier alpha value is -4.07. The molecule has 1 aliphatic carbocycles. The first-order valence-electron chi connectivity index (χ1n) is 16.3. The van der Waals surface area contributed by atoms with E-state index in [9.17, 15) is 18.0 Å². The van der Waals surface area contributed by atoms with Crippen LogP contribution < -0.4 is 14.8 Å². The first kappa shape index (κ1) is 35.2. The highest BCUT2D eigenvalue weighted by atomic mass is 32.2. The van der Waals surface area contributed by atoms with Crippen molar-refractivity contribution in [3.63, 3.8) is 0 Å². The van der Waals surface area contributed by atoms with Crippen LogP contribution in [0.25, 0.3) is 0 Å². The molecule has 3 aromatic rings. The van der Waals surface area contributed by atoms with Crippen molar-refractivity contribution in [1.29, 1.82) is 0 Å². The molecule has 0 radical (unpaired) electrons. The Morgan fingerprint density at radius 1 is 1.06 bits per heavy atom. The van der Waals surface area contributed by atoms with Crippen molar-refractivity contribution in [3.05, 3.63) is 76.7 Å². The van der Waals surface area contributed by atoms with Crippen molar-refractivity contribution in [3.8, 4) is 5.75 Å². The molecule has 0 bridgehead atoms. The van der Waals surface area contributed by atoms with Crippen LogP contribution in [0.2, 0.25) is 0 Å². The van der Waals surface area contributed by atoms with Crippen LogP contribution in [0.5, 0.6) is 5.75 Å². The second-order valence-electron chi connectivity index (χ2n) is 13.6. The molecular formula is C35H46N6O6S. The molecule has 2 aromatic heterocycles. The van der Waals surface area contributed by atoms with E-state index in [1.54, 1.807) is 30.2 Å². The quantitative estimate of drug-likeness (QED) is 0.296. The maximum Gasteiger partial charge on any atom is 0.410 e. The largest absolute Gasteiger partial charge is 0.481 e. The Kier molecular flexibility index (Phi) is 10.4. The van der Waals surface area contributed by atoms with Gasteiger partial charge in [-0.1, -0.05) is 12.1 Å². The van der Waals surface area contributed by atoms with E-state index in [2.05, 4.69) is 26.0 Å². The fourth-order valence-corrected chi connectivity index (χ4v) is 6.61. The lowest BCUT2D eigenvalue weighted by atomic mass is 10.1.